The van der Waals surface area contributed by atoms with Crippen LogP contribution in [0.5, 0.6) is 0 Å². The highest BCUT2D eigenvalue weighted by molar-refractivity contribution is 5.45. The van der Waals surface area contributed by atoms with Gasteiger partial charge in [0.15, 0.2) is 0 Å². The van der Waals surface area contributed by atoms with Gasteiger partial charge in [-0.15, -0.1) is 0 Å². The quantitative estimate of drug-likeness (QED) is 0.757. The first-order valence-electron chi connectivity index (χ1n) is 6.00. The van der Waals surface area contributed by atoms with Crippen LogP contribution in [0, 0.1) is 17.2 Å². The molecule has 0 aliphatic heterocycles. The van der Waals surface area contributed by atoms with E-state index in [4.69, 9.17) is 10.1 Å². The number of hydroxylamine groups is 1. The Bertz CT molecular complexity index is 384. The standard InChI is InChI=1S/C14H20N2O/c1-11(2)10-17-16-14-12(3)7-5-4-6-8-13(14)9-15/h4,6,8,11,16H,5,7,10H2,1-3H3. The number of nitriles is 1. The number of nitrogens with zero attached hydrogens (tertiary/aromatic N) is 1. The maximum atomic E-state index is 9.12. The summed E-state index contributed by atoms with van der Waals surface area (Å²) < 4.78 is 0. The summed E-state index contributed by atoms with van der Waals surface area (Å²) in [5.74, 6) is 0.464. The van der Waals surface area contributed by atoms with Gasteiger partial charge in [-0.2, -0.15) is 5.26 Å². The maximum Gasteiger partial charge on any atom is 0.101 e. The van der Waals surface area contributed by atoms with Gasteiger partial charge in [0, 0.05) is 0 Å². The first kappa shape index (κ1) is 13.5. The summed E-state index contributed by atoms with van der Waals surface area (Å²) in [5, 5.41) is 9.12. The number of allylic oxidation sites excluding steroid dienone is 5. The maximum absolute atomic E-state index is 9.12. The monoisotopic (exact) mass is 232 g/mol. The largest absolute Gasteiger partial charge is 0.276 e. The van der Waals surface area contributed by atoms with Crippen molar-refractivity contribution >= 4 is 0 Å². The summed E-state index contributed by atoms with van der Waals surface area (Å²) in [6, 6.07) is 2.20. The number of rotatable bonds is 4. The molecule has 0 amide bonds. The van der Waals surface area contributed by atoms with Crippen LogP contribution in [0.1, 0.15) is 33.6 Å². The fraction of sp³-hybridized carbons (Fsp3) is 0.500. The van der Waals surface area contributed by atoms with E-state index < -0.39 is 0 Å². The second kappa shape index (κ2) is 6.93. The van der Waals surface area contributed by atoms with Gasteiger partial charge < -0.3 is 0 Å². The van der Waals surface area contributed by atoms with Gasteiger partial charge >= 0.3 is 0 Å². The molecule has 0 saturated heterocycles. The van der Waals surface area contributed by atoms with Crippen molar-refractivity contribution < 1.29 is 4.84 Å². The van der Waals surface area contributed by atoms with E-state index in [1.165, 1.54) is 0 Å². The molecule has 3 nitrogen and oxygen atoms in total. The Morgan fingerprint density at radius 2 is 2.29 bits per heavy atom. The molecule has 0 bridgehead atoms. The Morgan fingerprint density at radius 3 is 2.94 bits per heavy atom. The lowest BCUT2D eigenvalue weighted by molar-refractivity contribution is 0.0447. The van der Waals surface area contributed by atoms with E-state index >= 15 is 0 Å². The van der Waals surface area contributed by atoms with Crippen LogP contribution in [-0.4, -0.2) is 6.61 Å². The topological polar surface area (TPSA) is 45.0 Å². The van der Waals surface area contributed by atoms with E-state index in [0.29, 0.717) is 18.1 Å². The third-order valence-corrected chi connectivity index (χ3v) is 2.49. The van der Waals surface area contributed by atoms with Gasteiger partial charge in [-0.05, 0) is 37.3 Å². The highest BCUT2D eigenvalue weighted by Gasteiger charge is 2.10. The minimum Gasteiger partial charge on any atom is -0.276 e. The van der Waals surface area contributed by atoms with Crippen molar-refractivity contribution in [2.45, 2.75) is 33.6 Å². The van der Waals surface area contributed by atoms with E-state index in [-0.39, 0.29) is 0 Å². The highest BCUT2D eigenvalue weighted by atomic mass is 16.6. The van der Waals surface area contributed by atoms with E-state index in [0.717, 1.165) is 24.1 Å². The van der Waals surface area contributed by atoms with Crippen molar-refractivity contribution in [3.63, 3.8) is 0 Å². The summed E-state index contributed by atoms with van der Waals surface area (Å²) in [6.45, 7) is 6.84. The van der Waals surface area contributed by atoms with Crippen molar-refractivity contribution in [3.05, 3.63) is 35.1 Å². The predicted octanol–water partition coefficient (Wildman–Crippen LogP) is 3.24. The second-order valence-electron chi connectivity index (χ2n) is 4.62. The Kier molecular flexibility index (Phi) is 5.51. The molecule has 0 aromatic rings. The summed E-state index contributed by atoms with van der Waals surface area (Å²) in [4.78, 5) is 5.41. The van der Waals surface area contributed by atoms with Crippen LogP contribution in [0.25, 0.3) is 0 Å². The van der Waals surface area contributed by atoms with Crippen molar-refractivity contribution in [1.29, 1.82) is 5.26 Å². The first-order valence-corrected chi connectivity index (χ1v) is 6.00. The zero-order valence-corrected chi connectivity index (χ0v) is 10.8. The molecular weight excluding hydrogens is 212 g/mol. The Labute approximate surface area is 103 Å². The van der Waals surface area contributed by atoms with E-state index in [2.05, 4.69) is 31.5 Å². The molecule has 0 atom stereocenters. The van der Waals surface area contributed by atoms with E-state index in [1.54, 1.807) is 0 Å². The lowest BCUT2D eigenvalue weighted by Crippen LogP contribution is -2.20. The molecule has 17 heavy (non-hydrogen) atoms. The fourth-order valence-electron chi connectivity index (χ4n) is 1.51. The predicted molar refractivity (Wildman–Crippen MR) is 68.7 cm³/mol. The summed E-state index contributed by atoms with van der Waals surface area (Å²) in [5.41, 5.74) is 5.53. The smallest absolute Gasteiger partial charge is 0.101 e. The third kappa shape index (κ3) is 4.46. The molecule has 1 aliphatic rings. The van der Waals surface area contributed by atoms with Crippen LogP contribution in [0.15, 0.2) is 35.1 Å². The molecule has 0 aromatic carbocycles. The SMILES string of the molecule is CC1=C(NOCC(C)C)C(C#N)=CC=CCC1. The molecule has 0 heterocycles. The Hall–Kier alpha value is -1.53. The van der Waals surface area contributed by atoms with Crippen LogP contribution in [0.2, 0.25) is 0 Å². The van der Waals surface area contributed by atoms with Crippen LogP contribution in [0.4, 0.5) is 0 Å². The van der Waals surface area contributed by atoms with Crippen LogP contribution in [-0.2, 0) is 4.84 Å². The molecule has 0 fully saturated rings. The molecule has 0 spiro atoms. The zero-order chi connectivity index (χ0) is 12.7. The Morgan fingerprint density at radius 1 is 1.53 bits per heavy atom. The summed E-state index contributed by atoms with van der Waals surface area (Å²) in [6.07, 6.45) is 7.77. The molecule has 0 saturated carbocycles. The van der Waals surface area contributed by atoms with Gasteiger partial charge in [0.2, 0.25) is 0 Å². The van der Waals surface area contributed by atoms with Crippen molar-refractivity contribution in [2.75, 3.05) is 6.61 Å². The summed E-state index contributed by atoms with van der Waals surface area (Å²) in [7, 11) is 0. The van der Waals surface area contributed by atoms with Crippen LogP contribution < -0.4 is 5.48 Å². The molecule has 0 aromatic heterocycles. The number of hydrogen-bond acceptors (Lipinski definition) is 3. The molecule has 92 valence electrons. The lowest BCUT2D eigenvalue weighted by atomic mass is 10.0. The van der Waals surface area contributed by atoms with Gasteiger partial charge in [-0.1, -0.05) is 26.0 Å². The molecule has 0 unspecified atom stereocenters. The van der Waals surface area contributed by atoms with Crippen LogP contribution >= 0.6 is 0 Å². The van der Waals surface area contributed by atoms with Crippen molar-refractivity contribution in [2.24, 2.45) is 5.92 Å². The summed E-state index contributed by atoms with van der Waals surface area (Å²) >= 11 is 0. The third-order valence-electron chi connectivity index (χ3n) is 2.49. The fourth-order valence-corrected chi connectivity index (χ4v) is 1.51. The minimum atomic E-state index is 0.464. The second-order valence-corrected chi connectivity index (χ2v) is 4.62. The minimum absolute atomic E-state index is 0.464. The molecule has 1 N–H and O–H groups in total. The molecule has 1 rings (SSSR count). The van der Waals surface area contributed by atoms with Gasteiger partial charge in [-0.25, -0.2) is 0 Å². The van der Waals surface area contributed by atoms with Gasteiger partial charge in [0.1, 0.15) is 6.07 Å². The first-order chi connectivity index (χ1) is 8.15. The van der Waals surface area contributed by atoms with Gasteiger partial charge in [0.05, 0.1) is 17.9 Å². The average molecular weight is 232 g/mol. The van der Waals surface area contributed by atoms with Crippen molar-refractivity contribution in [3.8, 4) is 6.07 Å². The zero-order valence-electron chi connectivity index (χ0n) is 10.8. The van der Waals surface area contributed by atoms with Gasteiger partial charge in [0.25, 0.3) is 0 Å². The number of nitrogens with one attached hydrogen (secondary N) is 1. The van der Waals surface area contributed by atoms with Crippen molar-refractivity contribution in [1.82, 2.24) is 5.48 Å². The van der Waals surface area contributed by atoms with Crippen LogP contribution in [0.3, 0.4) is 0 Å². The highest BCUT2D eigenvalue weighted by Crippen LogP contribution is 2.18. The Balaban J connectivity index is 2.78. The molecule has 1 aliphatic carbocycles. The molecule has 3 heteroatoms. The molecular formula is C14H20N2O. The van der Waals surface area contributed by atoms with Gasteiger partial charge in [-0.3, -0.25) is 10.3 Å². The normalized spacial score (nSPS) is 16.3. The van der Waals surface area contributed by atoms with E-state index in [9.17, 15) is 0 Å². The average Bonchev–Trinajstić information content (AvgIpc) is 2.27. The number of hydrogen-bond donors (Lipinski definition) is 1. The molecule has 0 radical (unpaired) electrons. The van der Waals surface area contributed by atoms with E-state index in [1.807, 2.05) is 19.1 Å². The lowest BCUT2D eigenvalue weighted by Gasteiger charge is -2.15.